The second-order valence-electron chi connectivity index (χ2n) is 10.1. The van der Waals surface area contributed by atoms with Gasteiger partial charge in [0.1, 0.15) is 11.1 Å². The van der Waals surface area contributed by atoms with E-state index in [-0.39, 0.29) is 10.3 Å². The van der Waals surface area contributed by atoms with Crippen molar-refractivity contribution >= 4 is 21.5 Å². The first-order chi connectivity index (χ1) is 14.5. The highest BCUT2D eigenvalue weighted by atomic mass is 32.2. The Labute approximate surface area is 188 Å². The summed E-state index contributed by atoms with van der Waals surface area (Å²) in [6.45, 7) is 12.1. The number of aromatic nitrogens is 2. The van der Waals surface area contributed by atoms with E-state index in [1.54, 1.807) is 23.5 Å². The molecule has 0 spiro atoms. The quantitative estimate of drug-likeness (QED) is 0.689. The second kappa shape index (κ2) is 8.42. The minimum Gasteiger partial charge on any atom is -0.465 e. The maximum atomic E-state index is 10.5. The zero-order valence-electron chi connectivity index (χ0n) is 18.5. The second-order valence-corrected chi connectivity index (χ2v) is 12.4. The summed E-state index contributed by atoms with van der Waals surface area (Å²) in [4.78, 5) is 2.57. The van der Waals surface area contributed by atoms with E-state index in [0.29, 0.717) is 17.9 Å². The molecule has 7 nitrogen and oxygen atoms in total. The predicted octanol–water partition coefficient (Wildman–Crippen LogP) is 3.80. The van der Waals surface area contributed by atoms with Crippen molar-refractivity contribution in [2.24, 2.45) is 17.8 Å². The molecule has 1 aliphatic carbocycles. The molecule has 2 unspecified atom stereocenters. The number of nitrogens with zero attached hydrogens (tertiary/aromatic N) is 3. The molecule has 4 bridgehead atoms. The van der Waals surface area contributed by atoms with Crippen molar-refractivity contribution in [2.45, 2.75) is 57.0 Å². The largest absolute Gasteiger partial charge is 0.465 e. The fraction of sp³-hybridized carbons (Fsp3) is 0.636. The number of hydrogen-bond acceptors (Lipinski definition) is 7. The molecule has 31 heavy (non-hydrogen) atoms. The van der Waals surface area contributed by atoms with Gasteiger partial charge in [-0.05, 0) is 37.8 Å². The maximum Gasteiger partial charge on any atom is 0.294 e. The summed E-state index contributed by atoms with van der Waals surface area (Å²) in [5.74, 6) is 2.35. The molecule has 3 aliphatic heterocycles. The monoisotopic (exact) mass is 465 g/mol. The Morgan fingerprint density at radius 1 is 1.06 bits per heavy atom. The van der Waals surface area contributed by atoms with Gasteiger partial charge in [-0.3, -0.25) is 4.55 Å². The van der Waals surface area contributed by atoms with Crippen molar-refractivity contribution in [1.29, 1.82) is 0 Å². The summed E-state index contributed by atoms with van der Waals surface area (Å²) in [6.07, 6.45) is 3.08. The van der Waals surface area contributed by atoms with E-state index in [9.17, 15) is 8.42 Å². The SMILES string of the molecule is CC(C)(C)c1nnc(OC2C3CC4CC2CN(C4)C3)s1.Cc1ccc(S(=O)(=O)O)cc1. The minimum absolute atomic E-state index is 0.0645. The molecule has 170 valence electrons. The molecule has 1 aromatic carbocycles. The third-order valence-electron chi connectivity index (χ3n) is 6.31. The average molecular weight is 466 g/mol. The van der Waals surface area contributed by atoms with Gasteiger partial charge in [-0.25, -0.2) is 0 Å². The molecule has 6 rings (SSSR count). The topological polar surface area (TPSA) is 92.6 Å². The molecule has 0 radical (unpaired) electrons. The Kier molecular flexibility index (Phi) is 6.15. The van der Waals surface area contributed by atoms with Gasteiger partial charge in [-0.1, -0.05) is 49.8 Å². The normalized spacial score (nSPS) is 29.4. The number of aryl methyl sites for hydroxylation is 1. The Bertz CT molecular complexity index is 984. The van der Waals surface area contributed by atoms with Gasteiger partial charge in [0.2, 0.25) is 0 Å². The Balaban J connectivity index is 0.000000180. The molecule has 9 heteroatoms. The van der Waals surface area contributed by atoms with E-state index in [2.05, 4.69) is 35.9 Å². The maximum absolute atomic E-state index is 10.5. The van der Waals surface area contributed by atoms with E-state index in [0.717, 1.165) is 21.7 Å². The van der Waals surface area contributed by atoms with Gasteiger partial charge in [0, 0.05) is 36.9 Å². The third-order valence-corrected chi connectivity index (χ3v) is 8.41. The van der Waals surface area contributed by atoms with Crippen molar-refractivity contribution in [3.8, 4) is 5.19 Å². The van der Waals surface area contributed by atoms with E-state index in [1.165, 1.54) is 44.6 Å². The van der Waals surface area contributed by atoms with Crippen LogP contribution in [0, 0.1) is 24.7 Å². The van der Waals surface area contributed by atoms with Crippen LogP contribution in [0.15, 0.2) is 29.2 Å². The first-order valence-electron chi connectivity index (χ1n) is 10.8. The Morgan fingerprint density at radius 3 is 2.16 bits per heavy atom. The van der Waals surface area contributed by atoms with Crippen LogP contribution in [0.1, 0.15) is 44.2 Å². The Hall–Kier alpha value is -1.55. The van der Waals surface area contributed by atoms with Gasteiger partial charge in [-0.15, -0.1) is 10.2 Å². The first kappa shape index (κ1) is 22.6. The van der Waals surface area contributed by atoms with Gasteiger partial charge in [0.25, 0.3) is 15.3 Å². The lowest BCUT2D eigenvalue weighted by atomic mass is 9.66. The molecular weight excluding hydrogens is 434 g/mol. The smallest absolute Gasteiger partial charge is 0.294 e. The minimum atomic E-state index is -4.02. The molecule has 4 aliphatic rings. The first-order valence-corrected chi connectivity index (χ1v) is 13.0. The number of rotatable bonds is 3. The lowest BCUT2D eigenvalue weighted by Gasteiger charge is -2.55. The molecule has 2 aromatic rings. The molecule has 3 saturated heterocycles. The van der Waals surface area contributed by atoms with Crippen LogP contribution in [0.3, 0.4) is 0 Å². The number of hydrogen-bond donors (Lipinski definition) is 1. The summed E-state index contributed by atoms with van der Waals surface area (Å²) in [5, 5.41) is 10.4. The number of benzene rings is 1. The number of piperidine rings is 3. The standard InChI is InChI=1S/C15H23N3OS.C7H8O3S/c1-15(2,3)13-16-17-14(20-13)19-12-10-4-9-5-11(12)8-18(6-9)7-10;1-6-2-4-7(5-3-6)11(8,9)10/h9-12H,4-8H2,1-3H3;2-5H,1H3,(H,8,9,10). The fourth-order valence-corrected chi connectivity index (χ4v) is 6.22. The van der Waals surface area contributed by atoms with Crippen LogP contribution >= 0.6 is 11.3 Å². The predicted molar refractivity (Wildman–Crippen MR) is 120 cm³/mol. The van der Waals surface area contributed by atoms with Crippen LogP contribution in [-0.4, -0.2) is 53.8 Å². The van der Waals surface area contributed by atoms with Gasteiger partial charge in [0.15, 0.2) is 0 Å². The van der Waals surface area contributed by atoms with Crippen molar-refractivity contribution in [3.05, 3.63) is 34.8 Å². The Morgan fingerprint density at radius 2 is 1.68 bits per heavy atom. The summed E-state index contributed by atoms with van der Waals surface area (Å²) in [6, 6.07) is 5.99. The van der Waals surface area contributed by atoms with E-state index in [1.807, 2.05) is 6.92 Å². The highest BCUT2D eigenvalue weighted by Crippen LogP contribution is 2.45. The van der Waals surface area contributed by atoms with Gasteiger partial charge < -0.3 is 9.64 Å². The zero-order valence-corrected chi connectivity index (χ0v) is 20.1. The van der Waals surface area contributed by atoms with Crippen molar-refractivity contribution in [3.63, 3.8) is 0 Å². The van der Waals surface area contributed by atoms with Gasteiger partial charge >= 0.3 is 0 Å². The summed E-state index contributed by atoms with van der Waals surface area (Å²) in [7, 11) is -4.02. The highest BCUT2D eigenvalue weighted by molar-refractivity contribution is 7.85. The van der Waals surface area contributed by atoms with Crippen LogP contribution < -0.4 is 4.74 Å². The number of ether oxygens (including phenoxy) is 1. The summed E-state index contributed by atoms with van der Waals surface area (Å²) >= 11 is 1.63. The summed E-state index contributed by atoms with van der Waals surface area (Å²) < 4.78 is 35.8. The van der Waals surface area contributed by atoms with Crippen LogP contribution in [-0.2, 0) is 15.5 Å². The van der Waals surface area contributed by atoms with Gasteiger partial charge in [0.05, 0.1) is 4.90 Å². The molecule has 1 N–H and O–H groups in total. The molecule has 4 fully saturated rings. The van der Waals surface area contributed by atoms with Crippen LogP contribution in [0.2, 0.25) is 0 Å². The van der Waals surface area contributed by atoms with E-state index in [4.69, 9.17) is 9.29 Å². The molecule has 1 saturated carbocycles. The highest BCUT2D eigenvalue weighted by Gasteiger charge is 2.49. The molecule has 2 atom stereocenters. The molecule has 0 amide bonds. The lowest BCUT2D eigenvalue weighted by Crippen LogP contribution is -2.61. The summed E-state index contributed by atoms with van der Waals surface area (Å²) in [5.41, 5.74) is 1.02. The fourth-order valence-electron chi connectivity index (χ4n) is 4.94. The lowest BCUT2D eigenvalue weighted by molar-refractivity contribution is -0.0986. The van der Waals surface area contributed by atoms with Gasteiger partial charge in [-0.2, -0.15) is 8.42 Å². The van der Waals surface area contributed by atoms with E-state index >= 15 is 0 Å². The third kappa shape index (κ3) is 5.27. The molecule has 4 heterocycles. The van der Waals surface area contributed by atoms with Crippen molar-refractivity contribution < 1.29 is 17.7 Å². The zero-order chi connectivity index (χ0) is 22.4. The average Bonchev–Trinajstić information content (AvgIpc) is 3.13. The molecular formula is C22H31N3O4S2. The van der Waals surface area contributed by atoms with Crippen molar-refractivity contribution in [2.75, 3.05) is 19.6 Å². The van der Waals surface area contributed by atoms with Crippen LogP contribution in [0.25, 0.3) is 0 Å². The van der Waals surface area contributed by atoms with Crippen LogP contribution in [0.5, 0.6) is 5.19 Å². The van der Waals surface area contributed by atoms with Crippen molar-refractivity contribution in [1.82, 2.24) is 15.1 Å². The van der Waals surface area contributed by atoms with E-state index < -0.39 is 10.1 Å². The van der Waals surface area contributed by atoms with Crippen LogP contribution in [0.4, 0.5) is 0 Å². The molecule has 1 aromatic heterocycles.